The minimum absolute atomic E-state index is 0.0963. The Kier molecular flexibility index (Phi) is 5.05. The average molecular weight is 306 g/mol. The summed E-state index contributed by atoms with van der Waals surface area (Å²) in [6, 6.07) is 5.02. The number of halogens is 4. The van der Waals surface area contributed by atoms with Gasteiger partial charge in [-0.15, -0.1) is 0 Å². The van der Waals surface area contributed by atoms with Gasteiger partial charge < -0.3 is 15.0 Å². The number of anilines is 1. The van der Waals surface area contributed by atoms with Gasteiger partial charge in [0.15, 0.2) is 0 Å². The Bertz CT molecular complexity index is 467. The zero-order valence-electron chi connectivity index (χ0n) is 11.7. The maximum Gasteiger partial charge on any atom is 0.416 e. The Morgan fingerprint density at radius 1 is 1.33 bits per heavy atom. The molecule has 0 spiro atoms. The van der Waals surface area contributed by atoms with Crippen LogP contribution in [0, 0.1) is 0 Å². The van der Waals surface area contributed by atoms with Gasteiger partial charge in [-0.05, 0) is 24.6 Å². The van der Waals surface area contributed by atoms with E-state index in [9.17, 15) is 17.6 Å². The molecular weight excluding hydrogens is 288 g/mol. The molecule has 0 bridgehead atoms. The van der Waals surface area contributed by atoms with Crippen LogP contribution in [0.3, 0.4) is 0 Å². The molecule has 2 unspecified atom stereocenters. The first-order valence-corrected chi connectivity index (χ1v) is 6.86. The molecule has 1 aliphatic rings. The topological polar surface area (TPSA) is 24.5 Å². The third-order valence-electron chi connectivity index (χ3n) is 3.25. The fourth-order valence-corrected chi connectivity index (χ4v) is 2.31. The number of hydrogen-bond acceptors (Lipinski definition) is 3. The number of nitrogens with zero attached hydrogens (tertiary/aromatic N) is 1. The van der Waals surface area contributed by atoms with Crippen LogP contribution in [0.25, 0.3) is 0 Å². The van der Waals surface area contributed by atoms with Crippen LogP contribution in [0.15, 0.2) is 24.3 Å². The number of alkyl halides is 4. The molecule has 1 heterocycles. The second-order valence-corrected chi connectivity index (χ2v) is 4.90. The van der Waals surface area contributed by atoms with E-state index in [-0.39, 0.29) is 6.54 Å². The molecule has 7 heteroatoms. The molecule has 0 amide bonds. The summed E-state index contributed by atoms with van der Waals surface area (Å²) in [7, 11) is 0. The first-order chi connectivity index (χ1) is 9.91. The summed E-state index contributed by atoms with van der Waals surface area (Å²) in [4.78, 5) is 1.66. The smallest absolute Gasteiger partial charge is 0.345 e. The van der Waals surface area contributed by atoms with Crippen molar-refractivity contribution in [1.29, 1.82) is 0 Å². The van der Waals surface area contributed by atoms with Crippen LogP contribution < -0.4 is 10.2 Å². The monoisotopic (exact) mass is 306 g/mol. The zero-order chi connectivity index (χ0) is 15.5. The molecule has 118 valence electrons. The van der Waals surface area contributed by atoms with Gasteiger partial charge in [-0.25, -0.2) is 4.39 Å². The third-order valence-corrected chi connectivity index (χ3v) is 3.25. The minimum Gasteiger partial charge on any atom is -0.345 e. The van der Waals surface area contributed by atoms with Crippen molar-refractivity contribution in [3.05, 3.63) is 29.8 Å². The first-order valence-electron chi connectivity index (χ1n) is 6.86. The minimum atomic E-state index is -4.40. The van der Waals surface area contributed by atoms with Crippen molar-refractivity contribution in [2.45, 2.75) is 32.1 Å². The van der Waals surface area contributed by atoms with Gasteiger partial charge in [0.2, 0.25) is 6.36 Å². The van der Waals surface area contributed by atoms with Crippen LogP contribution >= 0.6 is 0 Å². The summed E-state index contributed by atoms with van der Waals surface area (Å²) in [6.45, 7) is 2.86. The second-order valence-electron chi connectivity index (χ2n) is 4.90. The van der Waals surface area contributed by atoms with E-state index in [2.05, 4.69) is 5.32 Å². The lowest BCUT2D eigenvalue weighted by atomic mass is 10.1. The molecule has 0 aromatic heterocycles. The standard InChI is InChI=1S/C14H18F4N2O/c1-2-6-20(13-9-19-8-12(15)21-13)11-5-3-4-10(7-11)14(16,17)18/h3-5,7,12-13,19H,2,6,8-9H2,1H3. The molecule has 1 fully saturated rings. The lowest BCUT2D eigenvalue weighted by molar-refractivity contribution is -0.137. The lowest BCUT2D eigenvalue weighted by Gasteiger charge is -2.37. The Morgan fingerprint density at radius 2 is 2.10 bits per heavy atom. The van der Waals surface area contributed by atoms with Gasteiger partial charge in [-0.2, -0.15) is 13.2 Å². The molecule has 1 aromatic carbocycles. The highest BCUT2D eigenvalue weighted by atomic mass is 19.4. The molecule has 1 saturated heterocycles. The summed E-state index contributed by atoms with van der Waals surface area (Å²) in [6.07, 6.45) is -5.75. The van der Waals surface area contributed by atoms with Crippen molar-refractivity contribution in [3.8, 4) is 0 Å². The Morgan fingerprint density at radius 3 is 2.71 bits per heavy atom. The van der Waals surface area contributed by atoms with Gasteiger partial charge in [0.1, 0.15) is 6.23 Å². The number of benzene rings is 1. The number of ether oxygens (including phenoxy) is 1. The number of morpholine rings is 1. The van der Waals surface area contributed by atoms with Crippen molar-refractivity contribution in [3.63, 3.8) is 0 Å². The summed E-state index contributed by atoms with van der Waals surface area (Å²) < 4.78 is 56.9. The number of rotatable bonds is 4. The summed E-state index contributed by atoms with van der Waals surface area (Å²) >= 11 is 0. The van der Waals surface area contributed by atoms with E-state index >= 15 is 0 Å². The Hall–Kier alpha value is -1.34. The predicted octanol–water partition coefficient (Wildman–Crippen LogP) is 3.16. The molecular formula is C14H18F4N2O. The molecule has 21 heavy (non-hydrogen) atoms. The second kappa shape index (κ2) is 6.62. The van der Waals surface area contributed by atoms with E-state index < -0.39 is 24.3 Å². The van der Waals surface area contributed by atoms with Crippen LogP contribution in [0.2, 0.25) is 0 Å². The van der Waals surface area contributed by atoms with Crippen molar-refractivity contribution in [1.82, 2.24) is 5.32 Å². The van der Waals surface area contributed by atoms with Crippen molar-refractivity contribution < 1.29 is 22.3 Å². The van der Waals surface area contributed by atoms with Gasteiger partial charge in [0, 0.05) is 18.8 Å². The molecule has 2 atom stereocenters. The summed E-state index contributed by atoms with van der Waals surface area (Å²) in [5, 5.41) is 2.87. The van der Waals surface area contributed by atoms with Crippen LogP contribution in [-0.4, -0.2) is 32.2 Å². The zero-order valence-corrected chi connectivity index (χ0v) is 11.7. The summed E-state index contributed by atoms with van der Waals surface area (Å²) in [5.74, 6) is 0. The predicted molar refractivity (Wildman–Crippen MR) is 71.7 cm³/mol. The highest BCUT2D eigenvalue weighted by Crippen LogP contribution is 2.32. The van der Waals surface area contributed by atoms with Crippen molar-refractivity contribution in [2.24, 2.45) is 0 Å². The SMILES string of the molecule is CCCN(c1cccc(C(F)(F)F)c1)C1CNCC(F)O1. The molecule has 3 nitrogen and oxygen atoms in total. The maximum atomic E-state index is 13.3. The van der Waals surface area contributed by atoms with Gasteiger partial charge >= 0.3 is 6.18 Å². The molecule has 1 aromatic rings. The molecule has 0 aliphatic carbocycles. The third kappa shape index (κ3) is 4.07. The molecule has 0 saturated carbocycles. The van der Waals surface area contributed by atoms with Gasteiger partial charge in [-0.1, -0.05) is 13.0 Å². The van der Waals surface area contributed by atoms with E-state index in [0.29, 0.717) is 25.2 Å². The van der Waals surface area contributed by atoms with Crippen molar-refractivity contribution in [2.75, 3.05) is 24.5 Å². The molecule has 2 rings (SSSR count). The molecule has 1 aliphatic heterocycles. The van der Waals surface area contributed by atoms with E-state index in [1.165, 1.54) is 6.07 Å². The molecule has 0 radical (unpaired) electrons. The van der Waals surface area contributed by atoms with Crippen LogP contribution in [0.5, 0.6) is 0 Å². The Balaban J connectivity index is 2.25. The Labute approximate surface area is 120 Å². The first kappa shape index (κ1) is 16.0. The van der Waals surface area contributed by atoms with E-state index in [0.717, 1.165) is 12.1 Å². The van der Waals surface area contributed by atoms with Gasteiger partial charge in [0.25, 0.3) is 0 Å². The fourth-order valence-electron chi connectivity index (χ4n) is 2.31. The van der Waals surface area contributed by atoms with Gasteiger partial charge in [0.05, 0.1) is 12.1 Å². The van der Waals surface area contributed by atoms with E-state index in [1.54, 1.807) is 11.0 Å². The number of hydrogen-bond donors (Lipinski definition) is 1. The van der Waals surface area contributed by atoms with E-state index in [4.69, 9.17) is 4.74 Å². The fraction of sp³-hybridized carbons (Fsp3) is 0.571. The average Bonchev–Trinajstić information content (AvgIpc) is 2.44. The lowest BCUT2D eigenvalue weighted by Crippen LogP contribution is -2.52. The maximum absolute atomic E-state index is 13.3. The van der Waals surface area contributed by atoms with Crippen LogP contribution in [0.4, 0.5) is 23.2 Å². The highest BCUT2D eigenvalue weighted by Gasteiger charge is 2.32. The van der Waals surface area contributed by atoms with Crippen LogP contribution in [0.1, 0.15) is 18.9 Å². The normalized spacial score (nSPS) is 23.1. The van der Waals surface area contributed by atoms with Gasteiger partial charge in [-0.3, -0.25) is 0 Å². The number of nitrogens with one attached hydrogen (secondary N) is 1. The summed E-state index contributed by atoms with van der Waals surface area (Å²) in [5.41, 5.74) is -0.339. The quantitative estimate of drug-likeness (QED) is 0.865. The largest absolute Gasteiger partial charge is 0.416 e. The molecule has 1 N–H and O–H groups in total. The highest BCUT2D eigenvalue weighted by molar-refractivity contribution is 5.50. The van der Waals surface area contributed by atoms with Crippen molar-refractivity contribution >= 4 is 5.69 Å². The van der Waals surface area contributed by atoms with Crippen LogP contribution in [-0.2, 0) is 10.9 Å². The van der Waals surface area contributed by atoms with E-state index in [1.807, 2.05) is 6.92 Å².